The number of para-hydroxylation sites is 2. The predicted octanol–water partition coefficient (Wildman–Crippen LogP) is 10.5. The number of nitrogens with zero attached hydrogens (tertiary/aromatic N) is 3. The second-order valence-electron chi connectivity index (χ2n) is 10.2. The molecule has 0 spiro atoms. The van der Waals surface area contributed by atoms with Gasteiger partial charge in [0.2, 0.25) is 0 Å². The highest BCUT2D eigenvalue weighted by Gasteiger charge is 2.24. The van der Waals surface area contributed by atoms with Gasteiger partial charge < -0.3 is 8.98 Å². The van der Waals surface area contributed by atoms with E-state index in [9.17, 15) is 0 Å². The Morgan fingerprint density at radius 2 is 1.30 bits per heavy atom. The lowest BCUT2D eigenvalue weighted by atomic mass is 10.0. The summed E-state index contributed by atoms with van der Waals surface area (Å²) in [5.74, 6) is -0.298. The van der Waals surface area contributed by atoms with Gasteiger partial charge in [0, 0.05) is 27.5 Å². The van der Waals surface area contributed by atoms with Crippen LogP contribution in [0.3, 0.4) is 0 Å². The van der Waals surface area contributed by atoms with Gasteiger partial charge in [-0.25, -0.2) is 9.97 Å². The first-order chi connectivity index (χ1) is 26.0. The smallest absolute Gasteiger partial charge is 0.180 e. The molecule has 44 heavy (non-hydrogen) atoms. The molecule has 0 aliphatic heterocycles. The molecule has 9 aromatic rings. The van der Waals surface area contributed by atoms with E-state index >= 15 is 0 Å². The SMILES string of the molecule is [2H]c1c([2H])c([2H])c(-c2nc(-c3c([2H])c([2H])c([2H])c([2H])c3[2H])c3oc4ccc5c6ccccc6n(-c6ccccc6-c6ccccc6)c5c4c3n2)c([2H])c1[2H]. The zero-order valence-electron chi connectivity index (χ0n) is 32.9. The summed E-state index contributed by atoms with van der Waals surface area (Å²) in [5, 5.41) is 2.26. The Morgan fingerprint density at radius 1 is 0.591 bits per heavy atom. The Labute approximate surface area is 267 Å². The van der Waals surface area contributed by atoms with E-state index in [1.165, 1.54) is 0 Å². The van der Waals surface area contributed by atoms with Crippen molar-refractivity contribution in [2.45, 2.75) is 0 Å². The second-order valence-corrected chi connectivity index (χ2v) is 10.2. The van der Waals surface area contributed by atoms with Crippen molar-refractivity contribution < 1.29 is 18.1 Å². The van der Waals surface area contributed by atoms with Crippen molar-refractivity contribution in [2.24, 2.45) is 0 Å². The summed E-state index contributed by atoms with van der Waals surface area (Å²) in [6.07, 6.45) is 0. The molecule has 0 saturated heterocycles. The number of hydrogen-bond donors (Lipinski definition) is 0. The Balaban J connectivity index is 1.51. The largest absolute Gasteiger partial charge is 0.452 e. The van der Waals surface area contributed by atoms with Crippen molar-refractivity contribution >= 4 is 43.9 Å². The van der Waals surface area contributed by atoms with Gasteiger partial charge in [0.1, 0.15) is 16.8 Å². The third kappa shape index (κ3) is 3.71. The highest BCUT2D eigenvalue weighted by Crippen LogP contribution is 2.43. The van der Waals surface area contributed by atoms with Crippen LogP contribution in [0.2, 0.25) is 0 Å². The molecule has 4 nitrogen and oxygen atoms in total. The molecule has 0 radical (unpaired) electrons. The summed E-state index contributed by atoms with van der Waals surface area (Å²) in [4.78, 5) is 9.48. The lowest BCUT2D eigenvalue weighted by molar-refractivity contribution is 0.667. The maximum absolute atomic E-state index is 8.86. The van der Waals surface area contributed by atoms with Crippen LogP contribution < -0.4 is 0 Å². The fourth-order valence-electron chi connectivity index (χ4n) is 5.97. The third-order valence-electron chi connectivity index (χ3n) is 7.80. The summed E-state index contributed by atoms with van der Waals surface area (Å²) in [7, 11) is 0. The van der Waals surface area contributed by atoms with Gasteiger partial charge >= 0.3 is 0 Å². The molecule has 0 unspecified atom stereocenters. The Bertz CT molecular complexity index is 3010. The van der Waals surface area contributed by atoms with Crippen LogP contribution in [0.1, 0.15) is 13.7 Å². The van der Waals surface area contributed by atoms with E-state index < -0.39 is 60.4 Å². The number of benzene rings is 6. The van der Waals surface area contributed by atoms with Crippen LogP contribution in [0.4, 0.5) is 0 Å². The maximum Gasteiger partial charge on any atom is 0.180 e. The second kappa shape index (κ2) is 9.79. The van der Waals surface area contributed by atoms with Crippen molar-refractivity contribution in [1.82, 2.24) is 14.5 Å². The minimum Gasteiger partial charge on any atom is -0.452 e. The maximum atomic E-state index is 8.86. The molecule has 9 rings (SSSR count). The standard InChI is InChI=1S/C40H25N3O/c1-4-14-26(15-5-1)29-20-10-12-22-32(29)43-33-23-13-11-21-30(33)31-24-25-34-35(38(31)43)37-39(44-34)36(27-16-6-2-7-17-27)41-40(42-37)28-18-8-3-9-19-28/h1-25H/i2D,3D,6D,7D,8D,9D,16D,17D,18D,19D. The molecule has 6 aromatic carbocycles. The van der Waals surface area contributed by atoms with Crippen LogP contribution in [0, 0.1) is 0 Å². The molecule has 0 saturated carbocycles. The number of hydrogen-bond acceptors (Lipinski definition) is 3. The molecular formula is C40H25N3O. The molecule has 0 N–H and O–H groups in total. The minimum absolute atomic E-state index is 0.000276. The van der Waals surface area contributed by atoms with Crippen molar-refractivity contribution in [1.29, 1.82) is 0 Å². The van der Waals surface area contributed by atoms with Crippen LogP contribution in [-0.4, -0.2) is 14.5 Å². The summed E-state index contributed by atoms with van der Waals surface area (Å²) in [6.45, 7) is 0. The predicted molar refractivity (Wildman–Crippen MR) is 180 cm³/mol. The van der Waals surface area contributed by atoms with Crippen LogP contribution >= 0.6 is 0 Å². The lowest BCUT2D eigenvalue weighted by Gasteiger charge is -2.14. The molecule has 0 atom stereocenters. The molecular weight excluding hydrogens is 538 g/mol. The van der Waals surface area contributed by atoms with Crippen LogP contribution in [0.5, 0.6) is 0 Å². The minimum atomic E-state index is -0.601. The van der Waals surface area contributed by atoms with E-state index in [1.807, 2.05) is 84.9 Å². The van der Waals surface area contributed by atoms with Crippen LogP contribution in [0.15, 0.2) is 156 Å². The Kier molecular flexibility index (Phi) is 3.69. The first kappa shape index (κ1) is 16.6. The molecule has 206 valence electrons. The Morgan fingerprint density at radius 3 is 2.11 bits per heavy atom. The molecule has 0 bridgehead atoms. The van der Waals surface area contributed by atoms with E-state index in [4.69, 9.17) is 23.1 Å². The normalized spacial score (nSPS) is 14.8. The summed E-state index contributed by atoms with van der Waals surface area (Å²) in [6, 6.07) is 23.7. The number of fused-ring (bicyclic) bond motifs is 7. The fourth-order valence-corrected chi connectivity index (χ4v) is 5.97. The first-order valence-corrected chi connectivity index (χ1v) is 13.9. The summed E-state index contributed by atoms with van der Waals surface area (Å²) >= 11 is 0. The van der Waals surface area contributed by atoms with E-state index in [2.05, 4.69) is 9.55 Å². The molecule has 3 heterocycles. The summed E-state index contributed by atoms with van der Waals surface area (Å²) < 4.78 is 93.9. The topological polar surface area (TPSA) is 43.9 Å². The van der Waals surface area contributed by atoms with E-state index in [-0.39, 0.29) is 33.7 Å². The molecule has 4 heteroatoms. The average molecular weight is 574 g/mol. The highest BCUT2D eigenvalue weighted by atomic mass is 16.3. The van der Waals surface area contributed by atoms with Crippen molar-refractivity contribution in [3.8, 4) is 39.5 Å². The monoisotopic (exact) mass is 573 g/mol. The van der Waals surface area contributed by atoms with E-state index in [0.29, 0.717) is 16.5 Å². The van der Waals surface area contributed by atoms with Crippen molar-refractivity contribution in [3.05, 3.63) is 151 Å². The van der Waals surface area contributed by atoms with Crippen LogP contribution in [-0.2, 0) is 0 Å². The molecule has 0 fully saturated rings. The summed E-state index contributed by atoms with van der Waals surface area (Å²) in [5.41, 5.74) is 4.07. The highest BCUT2D eigenvalue weighted by molar-refractivity contribution is 6.24. The van der Waals surface area contributed by atoms with E-state index in [0.717, 1.165) is 33.1 Å². The average Bonchev–Trinajstić information content (AvgIpc) is 3.74. The molecule has 0 aliphatic carbocycles. The number of furan rings is 1. The zero-order valence-corrected chi connectivity index (χ0v) is 22.9. The third-order valence-corrected chi connectivity index (χ3v) is 7.80. The van der Waals surface area contributed by atoms with Crippen molar-refractivity contribution in [2.75, 3.05) is 0 Å². The van der Waals surface area contributed by atoms with Gasteiger partial charge in [-0.1, -0.05) is 127 Å². The van der Waals surface area contributed by atoms with Crippen LogP contribution in [0.25, 0.3) is 83.3 Å². The van der Waals surface area contributed by atoms with Crippen molar-refractivity contribution in [3.63, 3.8) is 0 Å². The van der Waals surface area contributed by atoms with Gasteiger partial charge in [-0.3, -0.25) is 0 Å². The molecule has 0 amide bonds. The van der Waals surface area contributed by atoms with Gasteiger partial charge in [-0.15, -0.1) is 0 Å². The van der Waals surface area contributed by atoms with Gasteiger partial charge in [-0.05, 0) is 29.8 Å². The molecule has 0 aliphatic rings. The van der Waals surface area contributed by atoms with Gasteiger partial charge in [0.05, 0.1) is 35.8 Å². The first-order valence-electron chi connectivity index (χ1n) is 18.9. The van der Waals surface area contributed by atoms with Gasteiger partial charge in [-0.2, -0.15) is 0 Å². The molecule has 3 aromatic heterocycles. The Hall–Kier alpha value is -6.00. The zero-order chi connectivity index (χ0) is 37.7. The van der Waals surface area contributed by atoms with E-state index in [1.54, 1.807) is 6.07 Å². The lowest BCUT2D eigenvalue weighted by Crippen LogP contribution is -1.98. The number of rotatable bonds is 4. The number of aromatic nitrogens is 3. The quantitative estimate of drug-likeness (QED) is 0.210. The van der Waals surface area contributed by atoms with Gasteiger partial charge in [0.25, 0.3) is 0 Å². The van der Waals surface area contributed by atoms with Gasteiger partial charge in [0.15, 0.2) is 11.4 Å². The fraction of sp³-hybridized carbons (Fsp3) is 0.